The maximum atomic E-state index is 14.1. The van der Waals surface area contributed by atoms with Gasteiger partial charge in [-0.15, -0.1) is 0 Å². The van der Waals surface area contributed by atoms with Gasteiger partial charge in [0.2, 0.25) is 0 Å². The van der Waals surface area contributed by atoms with Crippen LogP contribution in [0.1, 0.15) is 29.9 Å². The number of hydrogen-bond acceptors (Lipinski definition) is 4. The van der Waals surface area contributed by atoms with Crippen LogP contribution in [0, 0.1) is 19.7 Å². The van der Waals surface area contributed by atoms with Crippen molar-refractivity contribution in [1.82, 2.24) is 10.3 Å². The molecule has 106 valence electrons. The van der Waals surface area contributed by atoms with E-state index in [1.54, 1.807) is 12.1 Å². The molecular formula is C15H17FN2OS. The first-order valence-electron chi connectivity index (χ1n) is 6.75. The van der Waals surface area contributed by atoms with Gasteiger partial charge in [0.15, 0.2) is 0 Å². The second-order valence-electron chi connectivity index (χ2n) is 5.14. The van der Waals surface area contributed by atoms with Gasteiger partial charge in [-0.3, -0.25) is 0 Å². The van der Waals surface area contributed by atoms with E-state index in [4.69, 9.17) is 4.42 Å². The molecule has 0 amide bonds. The normalized spacial score (nSPS) is 14.8. The van der Waals surface area contributed by atoms with Crippen molar-refractivity contribution in [1.29, 1.82) is 0 Å². The molecule has 1 aliphatic rings. The largest absolute Gasteiger partial charge is 0.436 e. The van der Waals surface area contributed by atoms with Crippen molar-refractivity contribution in [2.24, 2.45) is 0 Å². The zero-order chi connectivity index (χ0) is 14.1. The number of halogens is 1. The Labute approximate surface area is 122 Å². The molecule has 1 aromatic heterocycles. The van der Waals surface area contributed by atoms with Crippen LogP contribution in [0.4, 0.5) is 4.39 Å². The van der Waals surface area contributed by atoms with Crippen LogP contribution in [0.2, 0.25) is 0 Å². The molecule has 0 saturated heterocycles. The van der Waals surface area contributed by atoms with Crippen LogP contribution >= 0.6 is 11.8 Å². The molecular weight excluding hydrogens is 275 g/mol. The Bertz CT molecular complexity index is 603. The second kappa shape index (κ2) is 5.58. The fourth-order valence-electron chi connectivity index (χ4n) is 1.87. The number of rotatable bonds is 5. The third-order valence-electron chi connectivity index (χ3n) is 3.37. The molecule has 5 heteroatoms. The van der Waals surface area contributed by atoms with Crippen molar-refractivity contribution in [2.75, 3.05) is 0 Å². The van der Waals surface area contributed by atoms with Gasteiger partial charge in [-0.2, -0.15) is 0 Å². The van der Waals surface area contributed by atoms with Crippen LogP contribution in [-0.4, -0.2) is 11.0 Å². The quantitative estimate of drug-likeness (QED) is 0.909. The Kier molecular flexibility index (Phi) is 3.81. The SMILES string of the molecule is Cc1nc(Sc2ccc(CNC3CC3)cc2F)oc1C. The average molecular weight is 292 g/mol. The van der Waals surface area contributed by atoms with E-state index >= 15 is 0 Å². The number of aromatic nitrogens is 1. The summed E-state index contributed by atoms with van der Waals surface area (Å²) in [7, 11) is 0. The van der Waals surface area contributed by atoms with E-state index < -0.39 is 0 Å². The lowest BCUT2D eigenvalue weighted by Gasteiger charge is -2.05. The number of oxazole rings is 1. The van der Waals surface area contributed by atoms with E-state index in [-0.39, 0.29) is 5.82 Å². The molecule has 0 bridgehead atoms. The smallest absolute Gasteiger partial charge is 0.261 e. The molecule has 1 N–H and O–H groups in total. The van der Waals surface area contributed by atoms with E-state index in [0.29, 0.717) is 16.2 Å². The maximum absolute atomic E-state index is 14.1. The van der Waals surface area contributed by atoms with E-state index in [2.05, 4.69) is 10.3 Å². The highest BCUT2D eigenvalue weighted by molar-refractivity contribution is 7.99. The molecule has 0 aliphatic heterocycles. The minimum atomic E-state index is -0.224. The maximum Gasteiger partial charge on any atom is 0.261 e. The van der Waals surface area contributed by atoms with Crippen molar-refractivity contribution in [3.05, 3.63) is 41.0 Å². The first-order valence-corrected chi connectivity index (χ1v) is 7.57. The molecule has 1 heterocycles. The fraction of sp³-hybridized carbons (Fsp3) is 0.400. The number of nitrogens with one attached hydrogen (secondary N) is 1. The lowest BCUT2D eigenvalue weighted by Crippen LogP contribution is -2.15. The van der Waals surface area contributed by atoms with Gasteiger partial charge < -0.3 is 9.73 Å². The van der Waals surface area contributed by atoms with Gasteiger partial charge in [0.1, 0.15) is 11.6 Å². The van der Waals surface area contributed by atoms with Gasteiger partial charge >= 0.3 is 0 Å². The first-order chi connectivity index (χ1) is 9.61. The topological polar surface area (TPSA) is 38.1 Å². The Balaban J connectivity index is 1.69. The van der Waals surface area contributed by atoms with E-state index in [1.165, 1.54) is 24.6 Å². The number of aryl methyl sites for hydroxylation is 2. The Hall–Kier alpha value is -1.33. The Morgan fingerprint density at radius 3 is 2.80 bits per heavy atom. The van der Waals surface area contributed by atoms with Crippen LogP contribution in [0.5, 0.6) is 0 Å². The number of benzene rings is 1. The third-order valence-corrected chi connectivity index (χ3v) is 4.27. The summed E-state index contributed by atoms with van der Waals surface area (Å²) in [6.45, 7) is 4.46. The van der Waals surface area contributed by atoms with Crippen molar-refractivity contribution < 1.29 is 8.81 Å². The molecule has 0 atom stereocenters. The summed E-state index contributed by atoms with van der Waals surface area (Å²) < 4.78 is 19.5. The molecule has 0 unspecified atom stereocenters. The van der Waals surface area contributed by atoms with Crippen molar-refractivity contribution >= 4 is 11.8 Å². The van der Waals surface area contributed by atoms with E-state index in [9.17, 15) is 4.39 Å². The predicted octanol–water partition coefficient (Wildman–Crippen LogP) is 3.83. The molecule has 3 nitrogen and oxygen atoms in total. The van der Waals surface area contributed by atoms with E-state index in [0.717, 1.165) is 23.6 Å². The average Bonchev–Trinajstić information content (AvgIpc) is 3.18. The fourth-order valence-corrected chi connectivity index (χ4v) is 2.70. The summed E-state index contributed by atoms with van der Waals surface area (Å²) in [5, 5.41) is 3.86. The van der Waals surface area contributed by atoms with Crippen LogP contribution in [0.15, 0.2) is 32.7 Å². The summed E-state index contributed by atoms with van der Waals surface area (Å²) in [6, 6.07) is 5.95. The van der Waals surface area contributed by atoms with Crippen LogP contribution in [0.25, 0.3) is 0 Å². The monoisotopic (exact) mass is 292 g/mol. The molecule has 1 aliphatic carbocycles. The van der Waals surface area contributed by atoms with Gasteiger partial charge in [0, 0.05) is 12.6 Å². The Morgan fingerprint density at radius 1 is 1.40 bits per heavy atom. The van der Waals surface area contributed by atoms with Crippen LogP contribution in [0.3, 0.4) is 0 Å². The summed E-state index contributed by atoms with van der Waals surface area (Å²) in [5.41, 5.74) is 1.82. The lowest BCUT2D eigenvalue weighted by atomic mass is 10.2. The number of nitrogens with zero attached hydrogens (tertiary/aromatic N) is 1. The summed E-state index contributed by atoms with van der Waals surface area (Å²) in [4.78, 5) is 4.80. The van der Waals surface area contributed by atoms with Crippen molar-refractivity contribution in [2.45, 2.75) is 49.4 Å². The number of hydrogen-bond donors (Lipinski definition) is 1. The standard InChI is InChI=1S/C15H17FN2OS/c1-9-10(2)19-15(18-9)20-14-6-3-11(7-13(14)16)8-17-12-4-5-12/h3,6-7,12,17H,4-5,8H2,1-2H3. The van der Waals surface area contributed by atoms with Gasteiger partial charge in [0.05, 0.1) is 10.6 Å². The van der Waals surface area contributed by atoms with Crippen LogP contribution in [-0.2, 0) is 6.54 Å². The highest BCUT2D eigenvalue weighted by Gasteiger charge is 2.20. The molecule has 2 aromatic rings. The second-order valence-corrected chi connectivity index (χ2v) is 6.14. The first kappa shape index (κ1) is 13.6. The zero-order valence-electron chi connectivity index (χ0n) is 11.6. The van der Waals surface area contributed by atoms with Crippen LogP contribution < -0.4 is 5.32 Å². The summed E-state index contributed by atoms with van der Waals surface area (Å²) in [5.74, 6) is 0.553. The summed E-state index contributed by atoms with van der Waals surface area (Å²) in [6.07, 6.45) is 2.47. The van der Waals surface area contributed by atoms with Crippen molar-refractivity contribution in [3.8, 4) is 0 Å². The molecule has 1 fully saturated rings. The molecule has 1 aromatic carbocycles. The summed E-state index contributed by atoms with van der Waals surface area (Å²) >= 11 is 1.22. The minimum Gasteiger partial charge on any atom is -0.436 e. The van der Waals surface area contributed by atoms with Gasteiger partial charge in [-0.05, 0) is 56.1 Å². The van der Waals surface area contributed by atoms with Gasteiger partial charge in [-0.1, -0.05) is 6.07 Å². The predicted molar refractivity (Wildman–Crippen MR) is 76.4 cm³/mol. The molecule has 0 spiro atoms. The minimum absolute atomic E-state index is 0.224. The highest BCUT2D eigenvalue weighted by atomic mass is 32.2. The Morgan fingerprint density at radius 2 is 2.20 bits per heavy atom. The molecule has 3 rings (SSSR count). The zero-order valence-corrected chi connectivity index (χ0v) is 12.4. The van der Waals surface area contributed by atoms with Gasteiger partial charge in [0.25, 0.3) is 5.22 Å². The van der Waals surface area contributed by atoms with E-state index in [1.807, 2.05) is 19.9 Å². The highest BCUT2D eigenvalue weighted by Crippen LogP contribution is 2.31. The lowest BCUT2D eigenvalue weighted by molar-refractivity contribution is 0.430. The molecule has 0 radical (unpaired) electrons. The third kappa shape index (κ3) is 3.22. The molecule has 1 saturated carbocycles. The van der Waals surface area contributed by atoms with Crippen molar-refractivity contribution in [3.63, 3.8) is 0 Å². The molecule has 20 heavy (non-hydrogen) atoms. The van der Waals surface area contributed by atoms with Gasteiger partial charge in [-0.25, -0.2) is 9.37 Å².